The first-order valence-corrected chi connectivity index (χ1v) is 10.8. The second kappa shape index (κ2) is 5.88. The molecule has 0 spiro atoms. The zero-order chi connectivity index (χ0) is 19.8. The number of aromatic nitrogens is 3. The minimum absolute atomic E-state index is 0.0550. The van der Waals surface area contributed by atoms with Gasteiger partial charge >= 0.3 is 6.03 Å². The molecular weight excluding hydrogens is 362 g/mol. The molecule has 1 fully saturated rings. The van der Waals surface area contributed by atoms with Crippen molar-refractivity contribution in [3.05, 3.63) is 35.0 Å². The largest absolute Gasteiger partial charge is 0.353 e. The van der Waals surface area contributed by atoms with Gasteiger partial charge in [-0.1, -0.05) is 13.8 Å². The number of aromatic amines is 2. The Kier molecular flexibility index (Phi) is 3.47. The maximum Gasteiger partial charge on any atom is 0.324 e. The number of likely N-dealkylation sites (tertiary alicyclic amines) is 1. The van der Waals surface area contributed by atoms with Crippen LogP contribution in [0, 0.1) is 0 Å². The third-order valence-electron chi connectivity index (χ3n) is 7.04. The molecule has 2 N–H and O–H groups in total. The third kappa shape index (κ3) is 2.41. The van der Waals surface area contributed by atoms with E-state index in [4.69, 9.17) is 0 Å². The molecule has 6 nitrogen and oxygen atoms in total. The first-order valence-electron chi connectivity index (χ1n) is 10.8. The Morgan fingerprint density at radius 1 is 1.10 bits per heavy atom. The molecule has 0 radical (unpaired) electrons. The SMILES string of the molecule is CC1(C)CN(C(=O)N2CCCC2)c2cc3c4c([nH]c3cc21)-c1[nH]ncc1CCC4. The highest BCUT2D eigenvalue weighted by molar-refractivity contribution is 6.01. The summed E-state index contributed by atoms with van der Waals surface area (Å²) in [5.74, 6) is 0. The highest BCUT2D eigenvalue weighted by Gasteiger charge is 2.40. The van der Waals surface area contributed by atoms with Crippen molar-refractivity contribution in [2.24, 2.45) is 0 Å². The molecule has 0 saturated carbocycles. The van der Waals surface area contributed by atoms with Gasteiger partial charge in [-0.05, 0) is 60.9 Å². The van der Waals surface area contributed by atoms with Crippen molar-refractivity contribution in [2.75, 3.05) is 24.5 Å². The summed E-state index contributed by atoms with van der Waals surface area (Å²) in [5.41, 5.74) is 8.40. The van der Waals surface area contributed by atoms with Crippen LogP contribution in [0.25, 0.3) is 22.3 Å². The fraction of sp³-hybridized carbons (Fsp3) is 0.478. The Labute approximate surface area is 170 Å². The summed E-state index contributed by atoms with van der Waals surface area (Å²) in [7, 11) is 0. The van der Waals surface area contributed by atoms with E-state index in [2.05, 4.69) is 41.2 Å². The second-order valence-corrected chi connectivity index (χ2v) is 9.46. The Balaban J connectivity index is 1.52. The summed E-state index contributed by atoms with van der Waals surface area (Å²) in [4.78, 5) is 21.0. The van der Waals surface area contributed by atoms with Crippen LogP contribution >= 0.6 is 0 Å². The molecule has 2 aliphatic heterocycles. The molecule has 2 aromatic heterocycles. The first kappa shape index (κ1) is 17.1. The molecule has 0 atom stereocenters. The molecule has 6 rings (SSSR count). The molecule has 29 heavy (non-hydrogen) atoms. The van der Waals surface area contributed by atoms with Crippen molar-refractivity contribution in [3.63, 3.8) is 0 Å². The lowest BCUT2D eigenvalue weighted by Crippen LogP contribution is -2.42. The van der Waals surface area contributed by atoms with Crippen LogP contribution in [0.1, 0.15) is 49.8 Å². The van der Waals surface area contributed by atoms with E-state index in [1.165, 1.54) is 33.3 Å². The number of carbonyl (C=O) groups is 1. The number of nitrogens with zero attached hydrogens (tertiary/aromatic N) is 3. The number of aryl methyl sites for hydroxylation is 2. The molecule has 2 amide bonds. The van der Waals surface area contributed by atoms with E-state index in [0.29, 0.717) is 0 Å². The molecule has 1 aromatic carbocycles. The standard InChI is InChI=1S/C23H27N5O/c1-23(2)13-28(22(29)27-8-3-4-9-27)19-10-16-15-7-5-6-14-12-24-26-20(14)21(15)25-18(16)11-17(19)23/h10-12,25H,3-9,13H2,1-2H3,(H,24,26). The molecule has 3 aliphatic rings. The molecule has 6 heteroatoms. The highest BCUT2D eigenvalue weighted by atomic mass is 16.2. The van der Waals surface area contributed by atoms with Crippen LogP contribution in [0.3, 0.4) is 0 Å². The van der Waals surface area contributed by atoms with Gasteiger partial charge in [-0.25, -0.2) is 4.79 Å². The Morgan fingerprint density at radius 2 is 1.93 bits per heavy atom. The summed E-state index contributed by atoms with van der Waals surface area (Å²) < 4.78 is 0. The van der Waals surface area contributed by atoms with Crippen molar-refractivity contribution in [1.29, 1.82) is 0 Å². The van der Waals surface area contributed by atoms with Gasteiger partial charge in [0, 0.05) is 36.0 Å². The fourth-order valence-electron chi connectivity index (χ4n) is 5.51. The van der Waals surface area contributed by atoms with Gasteiger partial charge in [0.1, 0.15) is 0 Å². The van der Waals surface area contributed by atoms with E-state index >= 15 is 0 Å². The average Bonchev–Trinajstić information content (AvgIpc) is 3.46. The smallest absolute Gasteiger partial charge is 0.324 e. The van der Waals surface area contributed by atoms with E-state index in [-0.39, 0.29) is 11.4 Å². The van der Waals surface area contributed by atoms with Crippen LogP contribution in [0.4, 0.5) is 10.5 Å². The van der Waals surface area contributed by atoms with Crippen LogP contribution in [0.5, 0.6) is 0 Å². The third-order valence-corrected chi connectivity index (χ3v) is 7.04. The predicted octanol–water partition coefficient (Wildman–Crippen LogP) is 4.36. The maximum absolute atomic E-state index is 13.3. The van der Waals surface area contributed by atoms with Gasteiger partial charge in [0.15, 0.2) is 0 Å². The molecular formula is C23H27N5O. The lowest BCUT2D eigenvalue weighted by atomic mass is 9.86. The van der Waals surface area contributed by atoms with Gasteiger partial charge in [-0.2, -0.15) is 5.10 Å². The minimum Gasteiger partial charge on any atom is -0.353 e. The number of H-pyrrole nitrogens is 2. The summed E-state index contributed by atoms with van der Waals surface area (Å²) in [6.45, 7) is 7.01. The lowest BCUT2D eigenvalue weighted by molar-refractivity contribution is 0.215. The van der Waals surface area contributed by atoms with Crippen molar-refractivity contribution >= 4 is 22.6 Å². The number of benzene rings is 1. The van der Waals surface area contributed by atoms with Crippen molar-refractivity contribution in [3.8, 4) is 11.4 Å². The maximum atomic E-state index is 13.3. The normalized spacial score (nSPS) is 19.9. The van der Waals surface area contributed by atoms with Gasteiger partial charge in [-0.15, -0.1) is 0 Å². The minimum atomic E-state index is -0.0550. The summed E-state index contributed by atoms with van der Waals surface area (Å²) in [5, 5.41) is 8.72. The predicted molar refractivity (Wildman–Crippen MR) is 114 cm³/mol. The zero-order valence-corrected chi connectivity index (χ0v) is 17.1. The van der Waals surface area contributed by atoms with E-state index in [9.17, 15) is 4.79 Å². The number of anilines is 1. The molecule has 0 bridgehead atoms. The van der Waals surface area contributed by atoms with Gasteiger partial charge in [0.2, 0.25) is 0 Å². The second-order valence-electron chi connectivity index (χ2n) is 9.46. The number of hydrogen-bond donors (Lipinski definition) is 2. The monoisotopic (exact) mass is 389 g/mol. The molecule has 1 aliphatic carbocycles. The van der Waals surface area contributed by atoms with Crippen LogP contribution in [0.15, 0.2) is 18.3 Å². The summed E-state index contributed by atoms with van der Waals surface area (Å²) >= 11 is 0. The number of nitrogens with one attached hydrogen (secondary N) is 2. The summed E-state index contributed by atoms with van der Waals surface area (Å²) in [6.07, 6.45) is 7.40. The van der Waals surface area contributed by atoms with E-state index in [1.54, 1.807) is 0 Å². The molecule has 150 valence electrons. The van der Waals surface area contributed by atoms with Crippen LogP contribution in [-0.4, -0.2) is 45.7 Å². The molecule has 0 unspecified atom stereocenters. The Morgan fingerprint density at radius 3 is 2.76 bits per heavy atom. The first-order chi connectivity index (χ1) is 14.0. The number of carbonyl (C=O) groups excluding carboxylic acids is 1. The number of amides is 2. The Hall–Kier alpha value is -2.76. The average molecular weight is 390 g/mol. The molecule has 3 aromatic rings. The highest BCUT2D eigenvalue weighted by Crippen LogP contribution is 2.45. The van der Waals surface area contributed by atoms with Gasteiger partial charge in [-0.3, -0.25) is 10.00 Å². The van der Waals surface area contributed by atoms with Crippen molar-refractivity contribution in [2.45, 2.75) is 51.4 Å². The number of hydrogen-bond acceptors (Lipinski definition) is 2. The quantitative estimate of drug-likeness (QED) is 0.600. The number of rotatable bonds is 0. The fourth-order valence-corrected chi connectivity index (χ4v) is 5.51. The van der Waals surface area contributed by atoms with Crippen LogP contribution in [-0.2, 0) is 18.3 Å². The van der Waals surface area contributed by atoms with E-state index in [0.717, 1.165) is 63.1 Å². The van der Waals surface area contributed by atoms with E-state index in [1.807, 2.05) is 16.0 Å². The van der Waals surface area contributed by atoms with Gasteiger partial charge in [0.25, 0.3) is 0 Å². The van der Waals surface area contributed by atoms with Crippen molar-refractivity contribution in [1.82, 2.24) is 20.1 Å². The van der Waals surface area contributed by atoms with Crippen LogP contribution in [0.2, 0.25) is 0 Å². The number of urea groups is 1. The zero-order valence-electron chi connectivity index (χ0n) is 17.1. The molecule has 1 saturated heterocycles. The lowest BCUT2D eigenvalue weighted by Gasteiger charge is -2.26. The van der Waals surface area contributed by atoms with E-state index < -0.39 is 0 Å². The van der Waals surface area contributed by atoms with Crippen LogP contribution < -0.4 is 4.90 Å². The van der Waals surface area contributed by atoms with Crippen molar-refractivity contribution < 1.29 is 4.79 Å². The van der Waals surface area contributed by atoms with Gasteiger partial charge < -0.3 is 9.88 Å². The Bertz CT molecular complexity index is 1130. The number of fused-ring (bicyclic) bond motifs is 6. The molecule has 4 heterocycles. The van der Waals surface area contributed by atoms with Gasteiger partial charge in [0.05, 0.1) is 23.3 Å². The topological polar surface area (TPSA) is 68.0 Å². The summed E-state index contributed by atoms with van der Waals surface area (Å²) in [6, 6.07) is 4.72.